The highest BCUT2D eigenvalue weighted by molar-refractivity contribution is 5.90. The van der Waals surface area contributed by atoms with Crippen molar-refractivity contribution in [3.05, 3.63) is 35.4 Å². The molecule has 1 atom stereocenters. The number of carboxylic acid groups (broad SMARTS) is 1. The van der Waals surface area contributed by atoms with Crippen molar-refractivity contribution in [3.63, 3.8) is 0 Å². The highest BCUT2D eigenvalue weighted by atomic mass is 16.4. The lowest BCUT2D eigenvalue weighted by atomic mass is 10.1. The predicted octanol–water partition coefficient (Wildman–Crippen LogP) is 0.322. The van der Waals surface area contributed by atoms with Crippen molar-refractivity contribution < 1.29 is 19.5 Å². The van der Waals surface area contributed by atoms with E-state index in [1.165, 1.54) is 6.07 Å². The summed E-state index contributed by atoms with van der Waals surface area (Å²) in [7, 11) is 0. The summed E-state index contributed by atoms with van der Waals surface area (Å²) in [6.07, 6.45) is 1.46. The molecule has 0 bridgehead atoms. The third kappa shape index (κ3) is 3.57. The van der Waals surface area contributed by atoms with Gasteiger partial charge in [-0.15, -0.1) is 0 Å². The van der Waals surface area contributed by atoms with Crippen molar-refractivity contribution in [2.24, 2.45) is 0 Å². The zero-order valence-electron chi connectivity index (χ0n) is 10.9. The lowest BCUT2D eigenvalue weighted by molar-refractivity contribution is -0.125. The summed E-state index contributed by atoms with van der Waals surface area (Å²) in [5.41, 5.74) is 1.08. The highest BCUT2D eigenvalue weighted by Gasteiger charge is 2.26. The standard InChI is InChI=1S/C14H16N2O4/c17-12-5-4-11(16-12)13(18)15-7-6-9-2-1-3-10(8-9)14(19)20/h1-3,8,11H,4-7H2,(H,15,18)(H,16,17)(H,19,20)/t11-/m0/s1. The average Bonchev–Trinajstić information content (AvgIpc) is 2.86. The maximum absolute atomic E-state index is 11.7. The molecule has 3 N–H and O–H groups in total. The first-order valence-corrected chi connectivity index (χ1v) is 6.45. The Labute approximate surface area is 116 Å². The van der Waals surface area contributed by atoms with E-state index in [9.17, 15) is 14.4 Å². The summed E-state index contributed by atoms with van der Waals surface area (Å²) in [6.45, 7) is 0.411. The van der Waals surface area contributed by atoms with Gasteiger partial charge in [-0.25, -0.2) is 4.79 Å². The minimum absolute atomic E-state index is 0.0979. The summed E-state index contributed by atoms with van der Waals surface area (Å²) in [5, 5.41) is 14.2. The Morgan fingerprint density at radius 1 is 1.40 bits per heavy atom. The first kappa shape index (κ1) is 14.0. The minimum Gasteiger partial charge on any atom is -0.478 e. The van der Waals surface area contributed by atoms with Crippen molar-refractivity contribution in [1.82, 2.24) is 10.6 Å². The minimum atomic E-state index is -0.968. The van der Waals surface area contributed by atoms with Crippen LogP contribution in [-0.2, 0) is 16.0 Å². The Morgan fingerprint density at radius 2 is 2.20 bits per heavy atom. The molecule has 1 fully saturated rings. The Hall–Kier alpha value is -2.37. The first-order chi connectivity index (χ1) is 9.56. The normalized spacial score (nSPS) is 17.6. The van der Waals surface area contributed by atoms with E-state index in [0.717, 1.165) is 5.56 Å². The molecule has 1 aromatic carbocycles. The summed E-state index contributed by atoms with van der Waals surface area (Å²) < 4.78 is 0. The van der Waals surface area contributed by atoms with Gasteiger partial charge in [0, 0.05) is 13.0 Å². The maximum atomic E-state index is 11.7. The number of aromatic carboxylic acids is 1. The molecule has 0 aromatic heterocycles. The quantitative estimate of drug-likeness (QED) is 0.722. The van der Waals surface area contributed by atoms with Crippen LogP contribution in [0.4, 0.5) is 0 Å². The van der Waals surface area contributed by atoms with E-state index in [4.69, 9.17) is 5.11 Å². The zero-order chi connectivity index (χ0) is 14.5. The van der Waals surface area contributed by atoms with Crippen molar-refractivity contribution in [1.29, 1.82) is 0 Å². The van der Waals surface area contributed by atoms with Gasteiger partial charge in [0.2, 0.25) is 11.8 Å². The van der Waals surface area contributed by atoms with Crippen LogP contribution < -0.4 is 10.6 Å². The average molecular weight is 276 g/mol. The molecule has 1 saturated heterocycles. The van der Waals surface area contributed by atoms with Crippen LogP contribution in [0.1, 0.15) is 28.8 Å². The van der Waals surface area contributed by atoms with Gasteiger partial charge in [0.1, 0.15) is 6.04 Å². The van der Waals surface area contributed by atoms with Gasteiger partial charge < -0.3 is 15.7 Å². The molecule has 0 saturated carbocycles. The molecule has 1 heterocycles. The van der Waals surface area contributed by atoms with Crippen LogP contribution in [0.2, 0.25) is 0 Å². The second-order valence-corrected chi connectivity index (χ2v) is 4.71. The van der Waals surface area contributed by atoms with Crippen LogP contribution >= 0.6 is 0 Å². The Morgan fingerprint density at radius 3 is 2.85 bits per heavy atom. The van der Waals surface area contributed by atoms with Crippen LogP contribution in [0.15, 0.2) is 24.3 Å². The second-order valence-electron chi connectivity index (χ2n) is 4.71. The summed E-state index contributed by atoms with van der Waals surface area (Å²) in [6, 6.07) is 6.17. The van der Waals surface area contributed by atoms with E-state index < -0.39 is 12.0 Å². The summed E-state index contributed by atoms with van der Waals surface area (Å²) in [5.74, 6) is -1.26. The molecule has 1 aliphatic rings. The van der Waals surface area contributed by atoms with E-state index in [1.807, 2.05) is 6.07 Å². The van der Waals surface area contributed by atoms with Crippen molar-refractivity contribution >= 4 is 17.8 Å². The lowest BCUT2D eigenvalue weighted by Gasteiger charge is -2.10. The van der Waals surface area contributed by atoms with E-state index in [1.54, 1.807) is 12.1 Å². The molecule has 0 unspecified atom stereocenters. The second kappa shape index (κ2) is 6.18. The van der Waals surface area contributed by atoms with Gasteiger partial charge >= 0.3 is 5.97 Å². The van der Waals surface area contributed by atoms with Gasteiger partial charge in [0.25, 0.3) is 0 Å². The fourth-order valence-electron chi connectivity index (χ4n) is 2.12. The molecule has 0 spiro atoms. The monoisotopic (exact) mass is 276 g/mol. The number of hydrogen-bond donors (Lipinski definition) is 3. The molecule has 6 heteroatoms. The largest absolute Gasteiger partial charge is 0.478 e. The van der Waals surface area contributed by atoms with Gasteiger partial charge in [0.05, 0.1) is 5.56 Å². The number of carbonyl (C=O) groups is 3. The van der Waals surface area contributed by atoms with E-state index in [-0.39, 0.29) is 17.4 Å². The molecule has 106 valence electrons. The van der Waals surface area contributed by atoms with Gasteiger partial charge in [0.15, 0.2) is 0 Å². The number of carboxylic acids is 1. The van der Waals surface area contributed by atoms with Crippen LogP contribution in [0.25, 0.3) is 0 Å². The molecule has 1 aromatic rings. The summed E-state index contributed by atoms with van der Waals surface area (Å²) >= 11 is 0. The number of rotatable bonds is 5. The Balaban J connectivity index is 1.81. The number of amides is 2. The summed E-state index contributed by atoms with van der Waals surface area (Å²) in [4.78, 5) is 33.6. The Kier molecular flexibility index (Phi) is 4.34. The fraction of sp³-hybridized carbons (Fsp3) is 0.357. The zero-order valence-corrected chi connectivity index (χ0v) is 10.9. The van der Waals surface area contributed by atoms with E-state index in [0.29, 0.717) is 25.8 Å². The van der Waals surface area contributed by atoms with E-state index in [2.05, 4.69) is 10.6 Å². The number of carbonyl (C=O) groups excluding carboxylic acids is 2. The van der Waals surface area contributed by atoms with Crippen LogP contribution in [-0.4, -0.2) is 35.5 Å². The molecule has 2 rings (SSSR count). The maximum Gasteiger partial charge on any atom is 0.335 e. The van der Waals surface area contributed by atoms with Crippen molar-refractivity contribution in [2.45, 2.75) is 25.3 Å². The molecule has 0 radical (unpaired) electrons. The van der Waals surface area contributed by atoms with Crippen LogP contribution in [0.3, 0.4) is 0 Å². The highest BCUT2D eigenvalue weighted by Crippen LogP contribution is 2.07. The fourth-order valence-corrected chi connectivity index (χ4v) is 2.12. The third-order valence-electron chi connectivity index (χ3n) is 3.20. The van der Waals surface area contributed by atoms with Gasteiger partial charge in [-0.2, -0.15) is 0 Å². The van der Waals surface area contributed by atoms with E-state index >= 15 is 0 Å². The molecular formula is C14H16N2O4. The molecule has 1 aliphatic heterocycles. The topological polar surface area (TPSA) is 95.5 Å². The molecule has 2 amide bonds. The molecule has 0 aliphatic carbocycles. The number of benzene rings is 1. The first-order valence-electron chi connectivity index (χ1n) is 6.45. The smallest absolute Gasteiger partial charge is 0.335 e. The number of nitrogens with one attached hydrogen (secondary N) is 2. The molecule has 6 nitrogen and oxygen atoms in total. The van der Waals surface area contributed by atoms with Gasteiger partial charge in [-0.1, -0.05) is 12.1 Å². The SMILES string of the molecule is O=C1CC[C@@H](C(=O)NCCc2cccc(C(=O)O)c2)N1. The predicted molar refractivity (Wildman–Crippen MR) is 71.3 cm³/mol. The van der Waals surface area contributed by atoms with Crippen molar-refractivity contribution in [2.75, 3.05) is 6.54 Å². The van der Waals surface area contributed by atoms with Crippen molar-refractivity contribution in [3.8, 4) is 0 Å². The van der Waals surface area contributed by atoms with Crippen LogP contribution in [0, 0.1) is 0 Å². The third-order valence-corrected chi connectivity index (χ3v) is 3.20. The van der Waals surface area contributed by atoms with Crippen LogP contribution in [0.5, 0.6) is 0 Å². The number of hydrogen-bond acceptors (Lipinski definition) is 3. The van der Waals surface area contributed by atoms with Gasteiger partial charge in [-0.05, 0) is 30.5 Å². The molecular weight excluding hydrogens is 260 g/mol. The van der Waals surface area contributed by atoms with Gasteiger partial charge in [-0.3, -0.25) is 9.59 Å². The lowest BCUT2D eigenvalue weighted by Crippen LogP contribution is -2.42. The Bertz CT molecular complexity index is 542. The molecule has 20 heavy (non-hydrogen) atoms.